The summed E-state index contributed by atoms with van der Waals surface area (Å²) < 4.78 is 12.6. The molecule has 1 aromatic carbocycles. The van der Waals surface area contributed by atoms with Gasteiger partial charge >= 0.3 is 0 Å². The Bertz CT molecular complexity index is 772. The lowest BCUT2D eigenvalue weighted by Gasteiger charge is -2.13. The number of benzene rings is 1. The number of nitrogens with zero attached hydrogens (tertiary/aromatic N) is 4. The Morgan fingerprint density at radius 3 is 2.50 bits per heavy atom. The highest BCUT2D eigenvalue weighted by Gasteiger charge is 2.07. The summed E-state index contributed by atoms with van der Waals surface area (Å²) in [5.41, 5.74) is 1.17. The molecule has 8 nitrogen and oxygen atoms in total. The molecule has 0 spiro atoms. The van der Waals surface area contributed by atoms with Crippen LogP contribution in [0.5, 0.6) is 11.5 Å². The van der Waals surface area contributed by atoms with Gasteiger partial charge in [0, 0.05) is 20.1 Å². The maximum atomic E-state index is 5.37. The van der Waals surface area contributed by atoms with E-state index in [1.807, 2.05) is 36.7 Å². The average Bonchev–Trinajstić information content (AvgIpc) is 3.03. The van der Waals surface area contributed by atoms with Crippen molar-refractivity contribution in [3.63, 3.8) is 0 Å². The van der Waals surface area contributed by atoms with Gasteiger partial charge in [0.25, 0.3) is 0 Å². The predicted octanol–water partition coefficient (Wildman–Crippen LogP) is 2.22. The molecule has 0 atom stereocenters. The number of unbranched alkanes of at least 4 members (excludes halogenated alkanes) is 1. The number of aliphatic imine (C=N–C) groups is 1. The zero-order chi connectivity index (χ0) is 20.4. The van der Waals surface area contributed by atoms with Crippen molar-refractivity contribution >= 4 is 5.96 Å². The lowest BCUT2D eigenvalue weighted by Crippen LogP contribution is -2.39. The Hall–Kier alpha value is -2.77. The first kappa shape index (κ1) is 21.5. The second-order valence-corrected chi connectivity index (χ2v) is 6.53. The molecule has 2 rings (SSSR count). The molecule has 0 amide bonds. The van der Waals surface area contributed by atoms with Crippen LogP contribution in [0.15, 0.2) is 23.2 Å². The second kappa shape index (κ2) is 11.2. The summed E-state index contributed by atoms with van der Waals surface area (Å²) in [5, 5.41) is 15.0. The first-order valence-corrected chi connectivity index (χ1v) is 9.67. The van der Waals surface area contributed by atoms with Crippen LogP contribution < -0.4 is 20.1 Å². The van der Waals surface area contributed by atoms with E-state index in [0.717, 1.165) is 61.5 Å². The van der Waals surface area contributed by atoms with Crippen molar-refractivity contribution in [2.75, 3.05) is 27.3 Å². The van der Waals surface area contributed by atoms with Gasteiger partial charge in [0.1, 0.15) is 12.4 Å². The number of aryl methyl sites for hydroxylation is 1. The highest BCUT2D eigenvalue weighted by Crippen LogP contribution is 2.27. The van der Waals surface area contributed by atoms with E-state index in [9.17, 15) is 0 Å². The number of ether oxygens (including phenoxy) is 2. The zero-order valence-corrected chi connectivity index (χ0v) is 17.6. The molecular weight excluding hydrogens is 356 g/mol. The molecule has 0 aliphatic carbocycles. The van der Waals surface area contributed by atoms with Gasteiger partial charge in [-0.1, -0.05) is 19.4 Å². The van der Waals surface area contributed by atoms with E-state index in [0.29, 0.717) is 6.54 Å². The minimum absolute atomic E-state index is 0.481. The van der Waals surface area contributed by atoms with Gasteiger partial charge in [-0.3, -0.25) is 0 Å². The smallest absolute Gasteiger partial charge is 0.191 e. The Balaban J connectivity index is 1.96. The molecule has 0 saturated carbocycles. The van der Waals surface area contributed by atoms with Crippen molar-refractivity contribution in [3.8, 4) is 11.5 Å². The maximum Gasteiger partial charge on any atom is 0.191 e. The van der Waals surface area contributed by atoms with Crippen molar-refractivity contribution in [1.29, 1.82) is 0 Å². The highest BCUT2D eigenvalue weighted by molar-refractivity contribution is 5.79. The van der Waals surface area contributed by atoms with Gasteiger partial charge in [0.05, 0.1) is 14.2 Å². The standard InChI is InChI=1S/C20H32N6O2/c1-6-7-11-21-20(23-14-19-25-24-15(2)26(19)3)22-12-10-16-8-9-17(27-4)18(13-16)28-5/h8-9,13H,6-7,10-12,14H2,1-5H3,(H2,21,22,23). The van der Waals surface area contributed by atoms with E-state index in [4.69, 9.17) is 9.47 Å². The number of methoxy groups -OCH3 is 2. The molecule has 0 aliphatic heterocycles. The fourth-order valence-electron chi connectivity index (χ4n) is 2.66. The van der Waals surface area contributed by atoms with Crippen LogP contribution in [0.4, 0.5) is 0 Å². The van der Waals surface area contributed by atoms with Crippen LogP contribution in [0.1, 0.15) is 37.0 Å². The summed E-state index contributed by atoms with van der Waals surface area (Å²) in [7, 11) is 5.24. The SMILES string of the molecule is CCCCNC(=NCc1nnc(C)n1C)NCCc1ccc(OC)c(OC)c1. The number of hydrogen-bond donors (Lipinski definition) is 2. The zero-order valence-electron chi connectivity index (χ0n) is 17.6. The van der Waals surface area contributed by atoms with Crippen LogP contribution in [0.3, 0.4) is 0 Å². The summed E-state index contributed by atoms with van der Waals surface area (Å²) in [6, 6.07) is 5.98. The fraction of sp³-hybridized carbons (Fsp3) is 0.550. The van der Waals surface area contributed by atoms with Crippen LogP contribution in [0.25, 0.3) is 0 Å². The number of guanidine groups is 1. The van der Waals surface area contributed by atoms with Crippen molar-refractivity contribution < 1.29 is 9.47 Å². The van der Waals surface area contributed by atoms with Crippen LogP contribution in [0.2, 0.25) is 0 Å². The van der Waals surface area contributed by atoms with Gasteiger partial charge in [-0.05, 0) is 37.5 Å². The Morgan fingerprint density at radius 2 is 1.86 bits per heavy atom. The lowest BCUT2D eigenvalue weighted by atomic mass is 10.1. The molecule has 0 radical (unpaired) electrons. The summed E-state index contributed by atoms with van der Waals surface area (Å²) in [6.45, 7) is 6.23. The minimum atomic E-state index is 0.481. The monoisotopic (exact) mass is 388 g/mol. The van der Waals surface area contributed by atoms with Gasteiger partial charge in [-0.15, -0.1) is 10.2 Å². The third kappa shape index (κ3) is 6.14. The highest BCUT2D eigenvalue weighted by atomic mass is 16.5. The van der Waals surface area contributed by atoms with Crippen molar-refractivity contribution in [2.24, 2.45) is 12.0 Å². The molecule has 154 valence electrons. The van der Waals surface area contributed by atoms with Gasteiger partial charge in [-0.2, -0.15) is 0 Å². The molecule has 0 fully saturated rings. The van der Waals surface area contributed by atoms with Crippen LogP contribution in [-0.4, -0.2) is 48.0 Å². The predicted molar refractivity (Wildman–Crippen MR) is 111 cm³/mol. The third-order valence-electron chi connectivity index (χ3n) is 4.54. The molecule has 1 heterocycles. The number of nitrogens with one attached hydrogen (secondary N) is 2. The molecule has 0 saturated heterocycles. The van der Waals surface area contributed by atoms with Gasteiger partial charge in [0.2, 0.25) is 0 Å². The first-order chi connectivity index (χ1) is 13.6. The molecule has 2 N–H and O–H groups in total. The molecule has 2 aromatic rings. The third-order valence-corrected chi connectivity index (χ3v) is 4.54. The average molecular weight is 389 g/mol. The van der Waals surface area contributed by atoms with E-state index in [1.54, 1.807) is 14.2 Å². The Morgan fingerprint density at radius 1 is 1.11 bits per heavy atom. The minimum Gasteiger partial charge on any atom is -0.493 e. The summed E-state index contributed by atoms with van der Waals surface area (Å²) in [6.07, 6.45) is 3.08. The number of rotatable bonds is 10. The van der Waals surface area contributed by atoms with E-state index < -0.39 is 0 Å². The molecular formula is C20H32N6O2. The van der Waals surface area contributed by atoms with E-state index in [1.165, 1.54) is 5.56 Å². The Kier molecular flexibility index (Phi) is 8.58. The molecule has 0 unspecified atom stereocenters. The largest absolute Gasteiger partial charge is 0.493 e. The molecule has 0 aliphatic rings. The van der Waals surface area contributed by atoms with Crippen molar-refractivity contribution in [3.05, 3.63) is 35.4 Å². The van der Waals surface area contributed by atoms with Crippen molar-refractivity contribution in [1.82, 2.24) is 25.4 Å². The summed E-state index contributed by atoms with van der Waals surface area (Å²) >= 11 is 0. The maximum absolute atomic E-state index is 5.37. The van der Waals surface area contributed by atoms with E-state index >= 15 is 0 Å². The quantitative estimate of drug-likeness (QED) is 0.369. The molecule has 28 heavy (non-hydrogen) atoms. The molecule has 8 heteroatoms. The lowest BCUT2D eigenvalue weighted by molar-refractivity contribution is 0.354. The molecule has 0 bridgehead atoms. The Labute approximate surface area is 167 Å². The molecule has 1 aromatic heterocycles. The number of aromatic nitrogens is 3. The normalized spacial score (nSPS) is 11.4. The second-order valence-electron chi connectivity index (χ2n) is 6.53. The van der Waals surface area contributed by atoms with E-state index in [-0.39, 0.29) is 0 Å². The van der Waals surface area contributed by atoms with Gasteiger partial charge in [0.15, 0.2) is 23.3 Å². The van der Waals surface area contributed by atoms with Gasteiger partial charge < -0.3 is 24.7 Å². The van der Waals surface area contributed by atoms with Crippen molar-refractivity contribution in [2.45, 2.75) is 39.7 Å². The van der Waals surface area contributed by atoms with Crippen LogP contribution in [0, 0.1) is 6.92 Å². The topological polar surface area (TPSA) is 85.6 Å². The summed E-state index contributed by atoms with van der Waals surface area (Å²) in [4.78, 5) is 4.66. The van der Waals surface area contributed by atoms with Crippen LogP contribution >= 0.6 is 0 Å². The van der Waals surface area contributed by atoms with E-state index in [2.05, 4.69) is 32.7 Å². The fourth-order valence-corrected chi connectivity index (χ4v) is 2.66. The van der Waals surface area contributed by atoms with Crippen LogP contribution in [-0.2, 0) is 20.0 Å². The number of hydrogen-bond acceptors (Lipinski definition) is 5. The van der Waals surface area contributed by atoms with Gasteiger partial charge in [-0.25, -0.2) is 4.99 Å². The first-order valence-electron chi connectivity index (χ1n) is 9.67. The summed E-state index contributed by atoms with van der Waals surface area (Å²) in [5.74, 6) is 3.99.